The van der Waals surface area contributed by atoms with Gasteiger partial charge in [0.1, 0.15) is 0 Å². The number of carbonyl (C=O) groups excluding carboxylic acids is 1. The summed E-state index contributed by atoms with van der Waals surface area (Å²) in [5, 5.41) is 12.8. The molecule has 3 N–H and O–H groups in total. The molecule has 4 aliphatic rings. The first-order valence-electron chi connectivity index (χ1n) is 10.1. The van der Waals surface area contributed by atoms with Crippen LogP contribution in [-0.2, 0) is 4.79 Å². The Bertz CT molecular complexity index is 860. The molecule has 0 aliphatic heterocycles. The third kappa shape index (κ3) is 3.73. The molecule has 29 heavy (non-hydrogen) atoms. The summed E-state index contributed by atoms with van der Waals surface area (Å²) < 4.78 is 6.94. The van der Waals surface area contributed by atoms with Gasteiger partial charge in [0, 0.05) is 28.2 Å². The Morgan fingerprint density at radius 2 is 2.07 bits per heavy atom. The van der Waals surface area contributed by atoms with Crippen LogP contribution in [0.1, 0.15) is 46.0 Å². The number of aromatic nitrogens is 1. The van der Waals surface area contributed by atoms with Gasteiger partial charge in [-0.15, -0.1) is 0 Å². The maximum atomic E-state index is 12.2. The lowest BCUT2D eigenvalue weighted by atomic mass is 9.47. The van der Waals surface area contributed by atoms with E-state index >= 15 is 0 Å². The number of ether oxygens (including phenoxy) is 1. The normalized spacial score (nSPS) is 33.2. The summed E-state index contributed by atoms with van der Waals surface area (Å²) in [6.45, 7) is 3.75. The average Bonchev–Trinajstić information content (AvgIpc) is 2.65. The van der Waals surface area contributed by atoms with Crippen LogP contribution in [0.4, 0.5) is 0 Å². The summed E-state index contributed by atoms with van der Waals surface area (Å²) >= 11 is 3.36. The molecule has 154 valence electrons. The summed E-state index contributed by atoms with van der Waals surface area (Å²) in [5.74, 6) is 2.11. The second-order valence-corrected chi connectivity index (χ2v) is 10.2. The maximum Gasteiger partial charge on any atom is 0.223 e. The number of nitrogens with one attached hydrogen (secondary N) is 1. The van der Waals surface area contributed by atoms with Crippen molar-refractivity contribution in [1.82, 2.24) is 10.3 Å². The van der Waals surface area contributed by atoms with Crippen LogP contribution in [0.2, 0.25) is 0 Å². The van der Waals surface area contributed by atoms with E-state index in [4.69, 9.17) is 10.5 Å². The molecule has 4 saturated carbocycles. The van der Waals surface area contributed by atoms with E-state index in [1.807, 2.05) is 26.1 Å². The van der Waals surface area contributed by atoms with Crippen molar-refractivity contribution in [1.29, 1.82) is 5.26 Å². The van der Waals surface area contributed by atoms with Crippen LogP contribution >= 0.6 is 15.9 Å². The summed E-state index contributed by atoms with van der Waals surface area (Å²) in [7, 11) is 0. The molecule has 7 nitrogen and oxygen atoms in total. The highest BCUT2D eigenvalue weighted by Gasteiger charge is 2.58. The largest absolute Gasteiger partial charge is 0.463 e. The fraction of sp³-hybridized carbons (Fsp3) is 0.619. The lowest BCUT2D eigenvalue weighted by Crippen LogP contribution is -2.64. The smallest absolute Gasteiger partial charge is 0.223 e. The van der Waals surface area contributed by atoms with Gasteiger partial charge < -0.3 is 15.8 Å². The van der Waals surface area contributed by atoms with Gasteiger partial charge in [0.25, 0.3) is 0 Å². The molecule has 1 heterocycles. The van der Waals surface area contributed by atoms with Gasteiger partial charge in [-0.1, -0.05) is 0 Å². The number of nitrogens with zero attached hydrogens (tertiary/aromatic N) is 3. The first-order valence-corrected chi connectivity index (χ1v) is 10.9. The van der Waals surface area contributed by atoms with E-state index < -0.39 is 5.60 Å². The van der Waals surface area contributed by atoms with Crippen molar-refractivity contribution in [2.75, 3.05) is 0 Å². The molecular weight excluding hydrogens is 434 g/mol. The number of pyridine rings is 1. The second kappa shape index (κ2) is 7.28. The first-order chi connectivity index (χ1) is 13.7. The number of nitrogens with two attached hydrogens (primary N) is 1. The van der Waals surface area contributed by atoms with Gasteiger partial charge in [0.15, 0.2) is 11.4 Å². The number of hydrogen-bond donors (Lipinski definition) is 2. The number of carbonyl (C=O) groups is 1. The lowest BCUT2D eigenvalue weighted by molar-refractivity contribution is -0.145. The zero-order valence-corrected chi connectivity index (χ0v) is 18.3. The Morgan fingerprint density at radius 1 is 1.38 bits per heavy atom. The van der Waals surface area contributed by atoms with Crippen molar-refractivity contribution in [3.8, 4) is 12.1 Å². The van der Waals surface area contributed by atoms with Crippen LogP contribution in [0.15, 0.2) is 27.8 Å². The first kappa shape index (κ1) is 20.1. The number of hydrogen-bond acceptors (Lipinski definition) is 5. The molecule has 4 fully saturated rings. The molecule has 0 spiro atoms. The van der Waals surface area contributed by atoms with Crippen molar-refractivity contribution >= 4 is 27.7 Å². The number of amides is 1. The number of halogens is 1. The molecule has 2 atom stereocenters. The van der Waals surface area contributed by atoms with Crippen molar-refractivity contribution in [3.05, 3.63) is 22.8 Å². The number of rotatable bonds is 5. The predicted molar refractivity (Wildman–Crippen MR) is 112 cm³/mol. The van der Waals surface area contributed by atoms with Gasteiger partial charge in [-0.2, -0.15) is 10.3 Å². The minimum absolute atomic E-state index is 0.147. The molecule has 0 saturated heterocycles. The summed E-state index contributed by atoms with van der Waals surface area (Å²) in [4.78, 5) is 20.5. The minimum Gasteiger partial charge on any atom is -0.463 e. The average molecular weight is 460 g/mol. The van der Waals surface area contributed by atoms with Crippen LogP contribution in [-0.4, -0.2) is 28.4 Å². The molecule has 4 aliphatic carbocycles. The SMILES string of the molecule is CC(C)(Oc1ccc(Br)cn1)/C(=N/C#N)NC1C2CC3CC1CC(C(N)=O)(C3)C2. The second-order valence-electron chi connectivity index (χ2n) is 9.27. The Morgan fingerprint density at radius 3 is 2.62 bits per heavy atom. The number of primary amides is 1. The van der Waals surface area contributed by atoms with Crippen molar-refractivity contribution in [2.24, 2.45) is 33.9 Å². The van der Waals surface area contributed by atoms with Crippen LogP contribution in [0.3, 0.4) is 0 Å². The highest BCUT2D eigenvalue weighted by molar-refractivity contribution is 9.10. The maximum absolute atomic E-state index is 12.2. The number of nitriles is 1. The van der Waals surface area contributed by atoms with Crippen LogP contribution in [0, 0.1) is 34.6 Å². The standard InChI is InChI=1S/C21H26BrN5O2/c1-20(2,29-16-4-3-15(22)10-25-16)19(26-11-23)27-17-13-5-12-6-14(17)9-21(7-12,8-13)18(24)28/h3-4,10,12-14,17H,5-9H2,1-2H3,(H2,24,28)(H,26,27). The molecule has 0 aromatic carbocycles. The zero-order chi connectivity index (χ0) is 20.8. The summed E-state index contributed by atoms with van der Waals surface area (Å²) in [5.41, 5.74) is 4.60. The van der Waals surface area contributed by atoms with E-state index in [9.17, 15) is 10.1 Å². The molecule has 4 bridgehead atoms. The van der Waals surface area contributed by atoms with Gasteiger partial charge >= 0.3 is 0 Å². The quantitative estimate of drug-likeness (QED) is 0.398. The Labute approximate surface area is 179 Å². The van der Waals surface area contributed by atoms with Gasteiger partial charge in [0.2, 0.25) is 18.0 Å². The fourth-order valence-corrected chi connectivity index (χ4v) is 6.08. The van der Waals surface area contributed by atoms with E-state index in [-0.39, 0.29) is 17.4 Å². The predicted octanol–water partition coefficient (Wildman–Crippen LogP) is 3.15. The van der Waals surface area contributed by atoms with E-state index in [0.29, 0.717) is 29.5 Å². The van der Waals surface area contributed by atoms with Crippen LogP contribution < -0.4 is 15.8 Å². The van der Waals surface area contributed by atoms with E-state index in [2.05, 4.69) is 31.2 Å². The number of aliphatic imine (C=N–C) groups is 1. The van der Waals surface area contributed by atoms with E-state index in [1.54, 1.807) is 12.3 Å². The minimum atomic E-state index is -0.855. The van der Waals surface area contributed by atoms with Gasteiger partial charge in [-0.25, -0.2) is 4.98 Å². The highest BCUT2D eigenvalue weighted by Crippen LogP contribution is 2.60. The lowest BCUT2D eigenvalue weighted by Gasteiger charge is -2.59. The molecule has 2 unspecified atom stereocenters. The summed E-state index contributed by atoms with van der Waals surface area (Å²) in [6, 6.07) is 3.80. The fourth-order valence-electron chi connectivity index (χ4n) is 5.84. The van der Waals surface area contributed by atoms with Crippen LogP contribution in [0.25, 0.3) is 0 Å². The summed E-state index contributed by atoms with van der Waals surface area (Å²) in [6.07, 6.45) is 8.35. The van der Waals surface area contributed by atoms with Crippen LogP contribution in [0.5, 0.6) is 5.88 Å². The van der Waals surface area contributed by atoms with Gasteiger partial charge in [0.05, 0.1) is 0 Å². The zero-order valence-electron chi connectivity index (χ0n) is 16.7. The van der Waals surface area contributed by atoms with Crippen molar-refractivity contribution in [2.45, 2.75) is 57.6 Å². The molecule has 8 heteroatoms. The molecule has 1 aromatic heterocycles. The Hall–Kier alpha value is -2.14. The number of amidine groups is 1. The van der Waals surface area contributed by atoms with E-state index in [1.165, 1.54) is 0 Å². The molecule has 1 aromatic rings. The van der Waals surface area contributed by atoms with E-state index in [0.717, 1.165) is 36.6 Å². The third-order valence-corrected chi connectivity index (χ3v) is 7.36. The van der Waals surface area contributed by atoms with Gasteiger partial charge in [-0.05, 0) is 85.7 Å². The van der Waals surface area contributed by atoms with Crippen molar-refractivity contribution < 1.29 is 9.53 Å². The Kier molecular flexibility index (Phi) is 5.06. The van der Waals surface area contributed by atoms with Gasteiger partial charge in [-0.3, -0.25) is 4.79 Å². The topological polar surface area (TPSA) is 113 Å². The Balaban J connectivity index is 1.53. The molecule has 5 rings (SSSR count). The molecule has 0 radical (unpaired) electrons. The third-order valence-electron chi connectivity index (χ3n) is 6.89. The highest BCUT2D eigenvalue weighted by atomic mass is 79.9. The monoisotopic (exact) mass is 459 g/mol. The van der Waals surface area contributed by atoms with Crippen molar-refractivity contribution in [3.63, 3.8) is 0 Å². The molecular formula is C21H26BrN5O2. The molecule has 1 amide bonds.